The number of amides is 2. The van der Waals surface area contributed by atoms with Crippen molar-refractivity contribution in [3.8, 4) is 5.69 Å². The standard InChI is InChI=1S/C24H24FN5O2/c25-19-8-10-20(11-9-19)30-23(18-6-7-18)22(27-28-30)24(32)26-13-17-12-21(31)29(15-17)14-16-4-2-1-3-5-16/h1-5,8-11,17-18H,6-7,12-15H2,(H,26,32). The van der Waals surface area contributed by atoms with Gasteiger partial charge in [-0.15, -0.1) is 5.10 Å². The van der Waals surface area contributed by atoms with Crippen molar-refractivity contribution >= 4 is 11.8 Å². The van der Waals surface area contributed by atoms with Gasteiger partial charge in [0.1, 0.15) is 5.82 Å². The molecule has 1 atom stereocenters. The number of halogens is 1. The highest BCUT2D eigenvalue weighted by Crippen LogP contribution is 2.42. The zero-order valence-corrected chi connectivity index (χ0v) is 17.6. The summed E-state index contributed by atoms with van der Waals surface area (Å²) in [6, 6.07) is 15.9. The Balaban J connectivity index is 1.24. The van der Waals surface area contributed by atoms with Gasteiger partial charge in [0.25, 0.3) is 5.91 Å². The first kappa shape index (κ1) is 20.4. The van der Waals surface area contributed by atoms with Crippen molar-refractivity contribution in [3.05, 3.63) is 77.4 Å². The average Bonchev–Trinajstić information content (AvgIpc) is 3.45. The van der Waals surface area contributed by atoms with Crippen molar-refractivity contribution in [1.29, 1.82) is 0 Å². The highest BCUT2D eigenvalue weighted by atomic mass is 19.1. The molecule has 2 heterocycles. The van der Waals surface area contributed by atoms with Crippen LogP contribution < -0.4 is 5.32 Å². The van der Waals surface area contributed by atoms with Crippen molar-refractivity contribution < 1.29 is 14.0 Å². The number of nitrogens with zero attached hydrogens (tertiary/aromatic N) is 4. The Hall–Kier alpha value is -3.55. The summed E-state index contributed by atoms with van der Waals surface area (Å²) in [7, 11) is 0. The number of rotatable bonds is 7. The molecule has 0 bridgehead atoms. The van der Waals surface area contributed by atoms with Gasteiger partial charge in [0.05, 0.1) is 11.4 Å². The Bertz CT molecular complexity index is 1130. The van der Waals surface area contributed by atoms with Crippen LogP contribution >= 0.6 is 0 Å². The van der Waals surface area contributed by atoms with Gasteiger partial charge in [-0.25, -0.2) is 9.07 Å². The molecule has 164 valence electrons. The van der Waals surface area contributed by atoms with Gasteiger partial charge in [0, 0.05) is 37.9 Å². The average molecular weight is 433 g/mol. The van der Waals surface area contributed by atoms with Gasteiger partial charge in [0.2, 0.25) is 5.91 Å². The Kier molecular flexibility index (Phi) is 5.43. The van der Waals surface area contributed by atoms with E-state index in [1.807, 2.05) is 35.2 Å². The molecule has 2 fully saturated rings. The van der Waals surface area contributed by atoms with Crippen LogP contribution in [0.1, 0.15) is 46.9 Å². The van der Waals surface area contributed by atoms with Crippen LogP contribution in [0.5, 0.6) is 0 Å². The molecule has 3 aromatic rings. The maximum absolute atomic E-state index is 13.3. The molecular weight excluding hydrogens is 409 g/mol. The molecule has 8 heteroatoms. The smallest absolute Gasteiger partial charge is 0.273 e. The fourth-order valence-corrected chi connectivity index (χ4v) is 4.22. The second-order valence-electron chi connectivity index (χ2n) is 8.53. The van der Waals surface area contributed by atoms with E-state index in [0.717, 1.165) is 24.1 Å². The summed E-state index contributed by atoms with van der Waals surface area (Å²) in [4.78, 5) is 27.2. The lowest BCUT2D eigenvalue weighted by molar-refractivity contribution is -0.128. The lowest BCUT2D eigenvalue weighted by atomic mass is 10.1. The van der Waals surface area contributed by atoms with Gasteiger partial charge in [-0.05, 0) is 42.7 Å². The van der Waals surface area contributed by atoms with E-state index in [1.165, 1.54) is 12.1 Å². The summed E-state index contributed by atoms with van der Waals surface area (Å²) in [5.74, 6) is -0.215. The third-order valence-corrected chi connectivity index (χ3v) is 6.02. The predicted molar refractivity (Wildman–Crippen MR) is 116 cm³/mol. The molecular formula is C24H24FN5O2. The number of hydrogen-bond acceptors (Lipinski definition) is 4. The van der Waals surface area contributed by atoms with E-state index in [9.17, 15) is 14.0 Å². The molecule has 2 aliphatic rings. The fraction of sp³-hybridized carbons (Fsp3) is 0.333. The van der Waals surface area contributed by atoms with E-state index in [1.54, 1.807) is 16.8 Å². The molecule has 2 amide bonds. The molecule has 1 aliphatic carbocycles. The summed E-state index contributed by atoms with van der Waals surface area (Å²) >= 11 is 0. The maximum Gasteiger partial charge on any atom is 0.273 e. The van der Waals surface area contributed by atoms with Crippen LogP contribution in [0, 0.1) is 11.7 Å². The second kappa shape index (κ2) is 8.53. The lowest BCUT2D eigenvalue weighted by Gasteiger charge is -2.17. The van der Waals surface area contributed by atoms with Gasteiger partial charge >= 0.3 is 0 Å². The van der Waals surface area contributed by atoms with E-state index in [-0.39, 0.29) is 29.5 Å². The van der Waals surface area contributed by atoms with Crippen molar-refractivity contribution in [2.45, 2.75) is 31.7 Å². The van der Waals surface area contributed by atoms with Crippen LogP contribution in [0.15, 0.2) is 54.6 Å². The number of hydrogen-bond donors (Lipinski definition) is 1. The van der Waals surface area contributed by atoms with Gasteiger partial charge < -0.3 is 10.2 Å². The van der Waals surface area contributed by atoms with Crippen LogP contribution in [-0.4, -0.2) is 44.8 Å². The summed E-state index contributed by atoms with van der Waals surface area (Å²) in [6.07, 6.45) is 2.37. The maximum atomic E-state index is 13.3. The molecule has 0 spiro atoms. The molecule has 1 aliphatic heterocycles. The SMILES string of the molecule is O=C(NCC1CC(=O)N(Cc2ccccc2)C1)c1nnn(-c2ccc(F)cc2)c1C1CC1. The highest BCUT2D eigenvalue weighted by Gasteiger charge is 2.35. The molecule has 1 saturated carbocycles. The minimum atomic E-state index is -0.327. The first-order valence-corrected chi connectivity index (χ1v) is 10.9. The Morgan fingerprint density at radius 3 is 2.56 bits per heavy atom. The van der Waals surface area contributed by atoms with Gasteiger partial charge in [-0.1, -0.05) is 35.5 Å². The zero-order chi connectivity index (χ0) is 22.1. The summed E-state index contributed by atoms with van der Waals surface area (Å²) < 4.78 is 14.9. The van der Waals surface area contributed by atoms with Crippen LogP contribution in [0.2, 0.25) is 0 Å². The molecule has 1 saturated heterocycles. The van der Waals surface area contributed by atoms with Crippen LogP contribution in [-0.2, 0) is 11.3 Å². The highest BCUT2D eigenvalue weighted by molar-refractivity contribution is 5.93. The second-order valence-corrected chi connectivity index (χ2v) is 8.53. The Morgan fingerprint density at radius 2 is 1.84 bits per heavy atom. The lowest BCUT2D eigenvalue weighted by Crippen LogP contribution is -2.32. The quantitative estimate of drug-likeness (QED) is 0.621. The van der Waals surface area contributed by atoms with Crippen molar-refractivity contribution in [1.82, 2.24) is 25.2 Å². The van der Waals surface area contributed by atoms with Crippen LogP contribution in [0.25, 0.3) is 5.69 Å². The molecule has 32 heavy (non-hydrogen) atoms. The number of benzene rings is 2. The third kappa shape index (κ3) is 4.26. The number of nitrogens with one attached hydrogen (secondary N) is 1. The first-order chi connectivity index (χ1) is 15.6. The largest absolute Gasteiger partial charge is 0.350 e. The Morgan fingerprint density at radius 1 is 1.09 bits per heavy atom. The van der Waals surface area contributed by atoms with Gasteiger partial charge in [-0.2, -0.15) is 0 Å². The molecule has 7 nitrogen and oxygen atoms in total. The summed E-state index contributed by atoms with van der Waals surface area (Å²) in [5, 5.41) is 11.3. The monoisotopic (exact) mass is 433 g/mol. The Labute approximate surface area is 185 Å². The van der Waals surface area contributed by atoms with Gasteiger partial charge in [0.15, 0.2) is 5.69 Å². The van der Waals surface area contributed by atoms with E-state index in [4.69, 9.17) is 0 Å². The topological polar surface area (TPSA) is 80.1 Å². The van der Waals surface area contributed by atoms with Crippen molar-refractivity contribution in [3.63, 3.8) is 0 Å². The van der Waals surface area contributed by atoms with Crippen molar-refractivity contribution in [2.75, 3.05) is 13.1 Å². The van der Waals surface area contributed by atoms with E-state index >= 15 is 0 Å². The third-order valence-electron chi connectivity index (χ3n) is 6.02. The summed E-state index contributed by atoms with van der Waals surface area (Å²) in [5.41, 5.74) is 2.85. The number of carbonyl (C=O) groups is 2. The van der Waals surface area contributed by atoms with Crippen molar-refractivity contribution in [2.24, 2.45) is 5.92 Å². The molecule has 2 aromatic carbocycles. The first-order valence-electron chi connectivity index (χ1n) is 10.9. The molecule has 5 rings (SSSR count). The van der Waals surface area contributed by atoms with E-state index < -0.39 is 0 Å². The van der Waals surface area contributed by atoms with E-state index in [2.05, 4.69) is 15.6 Å². The normalized spacial score (nSPS) is 18.2. The molecule has 1 aromatic heterocycles. The fourth-order valence-electron chi connectivity index (χ4n) is 4.22. The van der Waals surface area contributed by atoms with Gasteiger partial charge in [-0.3, -0.25) is 9.59 Å². The molecule has 0 radical (unpaired) electrons. The minimum absolute atomic E-state index is 0.0617. The van der Waals surface area contributed by atoms with E-state index in [0.29, 0.717) is 37.4 Å². The summed E-state index contributed by atoms with van der Waals surface area (Å²) in [6.45, 7) is 1.61. The number of aromatic nitrogens is 3. The molecule has 1 N–H and O–H groups in total. The number of carbonyl (C=O) groups excluding carboxylic acids is 2. The number of likely N-dealkylation sites (tertiary alicyclic amines) is 1. The molecule has 1 unspecified atom stereocenters. The minimum Gasteiger partial charge on any atom is -0.350 e. The predicted octanol–water partition coefficient (Wildman–Crippen LogP) is 3.06. The van der Waals surface area contributed by atoms with Crippen LogP contribution in [0.4, 0.5) is 4.39 Å². The van der Waals surface area contributed by atoms with Crippen LogP contribution in [0.3, 0.4) is 0 Å². The zero-order valence-electron chi connectivity index (χ0n) is 17.6.